The van der Waals surface area contributed by atoms with Gasteiger partial charge in [-0.1, -0.05) is 20.3 Å². The second-order valence-electron chi connectivity index (χ2n) is 4.48. The number of amides is 1. The maximum Gasteiger partial charge on any atom is 0.326 e. The molecule has 0 unspecified atom stereocenters. The molecule has 0 aromatic rings. The van der Waals surface area contributed by atoms with Crippen molar-refractivity contribution in [1.82, 2.24) is 10.6 Å². The first kappa shape index (κ1) is 17.4. The van der Waals surface area contributed by atoms with E-state index in [2.05, 4.69) is 10.6 Å². The van der Waals surface area contributed by atoms with Crippen molar-refractivity contribution in [2.45, 2.75) is 45.2 Å². The maximum atomic E-state index is 11.9. The Morgan fingerprint density at radius 1 is 1.21 bits per heavy atom. The molecule has 0 bridgehead atoms. The average molecular weight is 274 g/mol. The van der Waals surface area contributed by atoms with Crippen LogP contribution in [0.15, 0.2) is 0 Å². The molecule has 4 N–H and O–H groups in total. The molecule has 0 aromatic carbocycles. The van der Waals surface area contributed by atoms with Gasteiger partial charge >= 0.3 is 11.9 Å². The predicted octanol–water partition coefficient (Wildman–Crippen LogP) is 0.0547. The first-order chi connectivity index (χ1) is 8.83. The number of rotatable bonds is 9. The van der Waals surface area contributed by atoms with Crippen LogP contribution in [0.4, 0.5) is 0 Å². The summed E-state index contributed by atoms with van der Waals surface area (Å²) in [5.74, 6) is -2.69. The first-order valence-corrected chi connectivity index (χ1v) is 6.25. The summed E-state index contributed by atoms with van der Waals surface area (Å²) in [7, 11) is 1.63. The quantitative estimate of drug-likeness (QED) is 0.472. The minimum atomic E-state index is -1.23. The molecule has 0 aliphatic rings. The third-order valence-electron chi connectivity index (χ3n) is 3.07. The minimum Gasteiger partial charge on any atom is -0.481 e. The second-order valence-corrected chi connectivity index (χ2v) is 4.48. The SMILES string of the molecule is CC[C@H](C)[C@H](NC)C(=O)N[C@@H](CCC(=O)O)C(=O)O. The third-order valence-corrected chi connectivity index (χ3v) is 3.07. The maximum absolute atomic E-state index is 11.9. The van der Waals surface area contributed by atoms with Gasteiger partial charge < -0.3 is 20.8 Å². The topological polar surface area (TPSA) is 116 Å². The van der Waals surface area contributed by atoms with Crippen LogP contribution >= 0.6 is 0 Å². The summed E-state index contributed by atoms with van der Waals surface area (Å²) in [4.78, 5) is 33.4. The van der Waals surface area contributed by atoms with E-state index in [0.29, 0.717) is 0 Å². The number of likely N-dealkylation sites (N-methyl/N-ethyl adjacent to an activating group) is 1. The highest BCUT2D eigenvalue weighted by Gasteiger charge is 2.27. The standard InChI is InChI=1S/C12H22N2O5/c1-4-7(2)10(13-3)11(17)14-8(12(18)19)5-6-9(15)16/h7-8,10,13H,4-6H2,1-3H3,(H,14,17)(H,15,16)(H,18,19)/t7-,8-,10-/m0/s1. The van der Waals surface area contributed by atoms with Crippen LogP contribution in [0.25, 0.3) is 0 Å². The molecule has 0 saturated carbocycles. The molecule has 0 aromatic heterocycles. The Labute approximate surface area is 112 Å². The summed E-state index contributed by atoms with van der Waals surface area (Å²) in [5, 5.41) is 22.7. The van der Waals surface area contributed by atoms with Crippen molar-refractivity contribution in [2.24, 2.45) is 5.92 Å². The monoisotopic (exact) mass is 274 g/mol. The summed E-state index contributed by atoms with van der Waals surface area (Å²) in [5.41, 5.74) is 0. The van der Waals surface area contributed by atoms with Crippen molar-refractivity contribution in [3.8, 4) is 0 Å². The molecular formula is C12H22N2O5. The normalized spacial score (nSPS) is 15.3. The molecule has 7 heteroatoms. The molecule has 0 aliphatic carbocycles. The first-order valence-electron chi connectivity index (χ1n) is 6.25. The molecule has 0 aliphatic heterocycles. The van der Waals surface area contributed by atoms with Gasteiger partial charge in [-0.05, 0) is 19.4 Å². The smallest absolute Gasteiger partial charge is 0.326 e. The highest BCUT2D eigenvalue weighted by atomic mass is 16.4. The van der Waals surface area contributed by atoms with Gasteiger partial charge in [0.15, 0.2) is 0 Å². The van der Waals surface area contributed by atoms with E-state index in [4.69, 9.17) is 10.2 Å². The van der Waals surface area contributed by atoms with Crippen molar-refractivity contribution in [1.29, 1.82) is 0 Å². The van der Waals surface area contributed by atoms with Crippen LogP contribution in [0.3, 0.4) is 0 Å². The average Bonchev–Trinajstić information content (AvgIpc) is 2.34. The van der Waals surface area contributed by atoms with E-state index in [1.54, 1.807) is 7.05 Å². The molecule has 110 valence electrons. The van der Waals surface area contributed by atoms with Crippen LogP contribution in [0, 0.1) is 5.92 Å². The van der Waals surface area contributed by atoms with E-state index < -0.39 is 29.9 Å². The van der Waals surface area contributed by atoms with E-state index in [-0.39, 0.29) is 18.8 Å². The number of hydrogen-bond acceptors (Lipinski definition) is 4. The van der Waals surface area contributed by atoms with Crippen molar-refractivity contribution in [3.05, 3.63) is 0 Å². The lowest BCUT2D eigenvalue weighted by Crippen LogP contribution is -2.51. The lowest BCUT2D eigenvalue weighted by molar-refractivity contribution is -0.143. The fourth-order valence-electron chi connectivity index (χ4n) is 1.70. The third kappa shape index (κ3) is 6.19. The Hall–Kier alpha value is -1.63. The fourth-order valence-corrected chi connectivity index (χ4v) is 1.70. The molecule has 0 fully saturated rings. The van der Waals surface area contributed by atoms with E-state index in [1.165, 1.54) is 0 Å². The van der Waals surface area contributed by atoms with Crippen molar-refractivity contribution >= 4 is 17.8 Å². The molecule has 7 nitrogen and oxygen atoms in total. The molecule has 0 spiro atoms. The summed E-state index contributed by atoms with van der Waals surface area (Å²) < 4.78 is 0. The van der Waals surface area contributed by atoms with Gasteiger partial charge in [0.2, 0.25) is 5.91 Å². The van der Waals surface area contributed by atoms with Gasteiger partial charge in [-0.3, -0.25) is 9.59 Å². The Bertz CT molecular complexity index is 332. The lowest BCUT2D eigenvalue weighted by atomic mass is 9.98. The number of carbonyl (C=O) groups excluding carboxylic acids is 1. The molecular weight excluding hydrogens is 252 g/mol. The number of aliphatic carboxylic acids is 2. The zero-order chi connectivity index (χ0) is 15.0. The molecule has 19 heavy (non-hydrogen) atoms. The summed E-state index contributed by atoms with van der Waals surface area (Å²) in [6.45, 7) is 3.81. The van der Waals surface area contributed by atoms with Gasteiger partial charge in [-0.15, -0.1) is 0 Å². The molecule has 0 radical (unpaired) electrons. The predicted molar refractivity (Wildman–Crippen MR) is 68.7 cm³/mol. The summed E-state index contributed by atoms with van der Waals surface area (Å²) >= 11 is 0. The Kier molecular flexibility index (Phi) is 7.74. The van der Waals surface area contributed by atoms with E-state index >= 15 is 0 Å². The van der Waals surface area contributed by atoms with E-state index in [0.717, 1.165) is 6.42 Å². The van der Waals surface area contributed by atoms with Crippen molar-refractivity contribution in [2.75, 3.05) is 7.05 Å². The zero-order valence-electron chi connectivity index (χ0n) is 11.5. The van der Waals surface area contributed by atoms with Crippen LogP contribution in [0.2, 0.25) is 0 Å². The molecule has 0 rings (SSSR count). The van der Waals surface area contributed by atoms with Gasteiger partial charge in [0.05, 0.1) is 6.04 Å². The number of carbonyl (C=O) groups is 3. The lowest BCUT2D eigenvalue weighted by Gasteiger charge is -2.23. The largest absolute Gasteiger partial charge is 0.481 e. The number of hydrogen-bond donors (Lipinski definition) is 4. The summed E-state index contributed by atoms with van der Waals surface area (Å²) in [6, 6.07) is -1.67. The van der Waals surface area contributed by atoms with E-state index in [9.17, 15) is 14.4 Å². The molecule has 1 amide bonds. The van der Waals surface area contributed by atoms with Crippen LogP contribution < -0.4 is 10.6 Å². The highest BCUT2D eigenvalue weighted by molar-refractivity contribution is 5.87. The summed E-state index contributed by atoms with van der Waals surface area (Å²) in [6.07, 6.45) is 0.337. The van der Waals surface area contributed by atoms with Gasteiger partial charge in [0, 0.05) is 6.42 Å². The van der Waals surface area contributed by atoms with Gasteiger partial charge in [0.25, 0.3) is 0 Å². The van der Waals surface area contributed by atoms with Crippen LogP contribution in [0.1, 0.15) is 33.1 Å². The van der Waals surface area contributed by atoms with E-state index in [1.807, 2.05) is 13.8 Å². The Morgan fingerprint density at radius 3 is 2.16 bits per heavy atom. The molecule has 0 saturated heterocycles. The van der Waals surface area contributed by atoms with Gasteiger partial charge in [-0.25, -0.2) is 4.79 Å². The Balaban J connectivity index is 4.60. The van der Waals surface area contributed by atoms with Crippen LogP contribution in [0.5, 0.6) is 0 Å². The van der Waals surface area contributed by atoms with Gasteiger partial charge in [0.1, 0.15) is 6.04 Å². The van der Waals surface area contributed by atoms with Crippen molar-refractivity contribution in [3.63, 3.8) is 0 Å². The number of carboxylic acids is 2. The fraction of sp³-hybridized carbons (Fsp3) is 0.750. The zero-order valence-corrected chi connectivity index (χ0v) is 11.5. The molecule has 3 atom stereocenters. The molecule has 0 heterocycles. The Morgan fingerprint density at radius 2 is 1.79 bits per heavy atom. The minimum absolute atomic E-state index is 0.0546. The highest BCUT2D eigenvalue weighted by Crippen LogP contribution is 2.08. The van der Waals surface area contributed by atoms with Crippen LogP contribution in [-0.4, -0.2) is 47.2 Å². The second kappa shape index (κ2) is 8.47. The van der Waals surface area contributed by atoms with Gasteiger partial charge in [-0.2, -0.15) is 0 Å². The number of nitrogens with one attached hydrogen (secondary N) is 2. The number of carboxylic acid groups (broad SMARTS) is 2. The van der Waals surface area contributed by atoms with Crippen LogP contribution in [-0.2, 0) is 14.4 Å². The van der Waals surface area contributed by atoms with Crippen molar-refractivity contribution < 1.29 is 24.6 Å².